The van der Waals surface area contributed by atoms with Gasteiger partial charge in [-0.15, -0.1) is 0 Å². The van der Waals surface area contributed by atoms with Gasteiger partial charge in [0.2, 0.25) is 0 Å². The van der Waals surface area contributed by atoms with Gasteiger partial charge >= 0.3 is 0 Å². The summed E-state index contributed by atoms with van der Waals surface area (Å²) in [5.41, 5.74) is 7.52. The summed E-state index contributed by atoms with van der Waals surface area (Å²) in [5, 5.41) is 10.5. The van der Waals surface area contributed by atoms with Crippen LogP contribution in [0.5, 0.6) is 0 Å². The second kappa shape index (κ2) is 8.95. The van der Waals surface area contributed by atoms with Gasteiger partial charge in [0.25, 0.3) is 0 Å². The first-order valence-corrected chi connectivity index (χ1v) is 14.3. The lowest BCUT2D eigenvalue weighted by Gasteiger charge is -2.17. The summed E-state index contributed by atoms with van der Waals surface area (Å²) >= 11 is 0. The SMILES string of the molecule is c1ccc(-c2c3ccc4ccccc4c3nc3c2ccc2ccccc23)c(-c2ccc3ccc4ccccc4c3n2)c1. The minimum Gasteiger partial charge on any atom is -0.247 e. The van der Waals surface area contributed by atoms with E-state index in [9.17, 15) is 0 Å². The van der Waals surface area contributed by atoms with Crippen molar-refractivity contribution in [1.29, 1.82) is 0 Å². The maximum Gasteiger partial charge on any atom is 0.0794 e. The van der Waals surface area contributed by atoms with E-state index in [4.69, 9.17) is 9.97 Å². The Morgan fingerprint density at radius 2 is 0.738 bits per heavy atom. The number of fused-ring (bicyclic) bond motifs is 9. The number of rotatable bonds is 2. The first kappa shape index (κ1) is 23.1. The molecule has 0 atom stereocenters. The normalized spacial score (nSPS) is 11.8. The topological polar surface area (TPSA) is 25.8 Å². The highest BCUT2D eigenvalue weighted by Crippen LogP contribution is 2.43. The molecule has 0 fully saturated rings. The Hall–Kier alpha value is -5.60. The second-order valence-electron chi connectivity index (χ2n) is 11.0. The molecule has 9 rings (SSSR count). The first-order valence-electron chi connectivity index (χ1n) is 14.3. The van der Waals surface area contributed by atoms with Gasteiger partial charge in [-0.3, -0.25) is 0 Å². The quantitative estimate of drug-likeness (QED) is 0.163. The van der Waals surface area contributed by atoms with Crippen molar-refractivity contribution in [2.45, 2.75) is 0 Å². The molecule has 0 N–H and O–H groups in total. The highest BCUT2D eigenvalue weighted by molar-refractivity contribution is 6.22. The molecule has 2 nitrogen and oxygen atoms in total. The predicted octanol–water partition coefficient (Wildman–Crippen LogP) is 10.7. The Morgan fingerprint density at radius 3 is 1.36 bits per heavy atom. The molecule has 42 heavy (non-hydrogen) atoms. The van der Waals surface area contributed by atoms with Crippen molar-refractivity contribution in [3.8, 4) is 22.4 Å². The van der Waals surface area contributed by atoms with E-state index in [1.54, 1.807) is 0 Å². The van der Waals surface area contributed by atoms with Crippen LogP contribution >= 0.6 is 0 Å². The van der Waals surface area contributed by atoms with Crippen molar-refractivity contribution in [1.82, 2.24) is 9.97 Å². The zero-order chi connectivity index (χ0) is 27.6. The largest absolute Gasteiger partial charge is 0.247 e. The molecule has 0 unspecified atom stereocenters. The summed E-state index contributed by atoms with van der Waals surface area (Å²) in [7, 11) is 0. The van der Waals surface area contributed by atoms with Gasteiger partial charge in [-0.05, 0) is 27.8 Å². The minimum absolute atomic E-state index is 0.967. The molecule has 0 radical (unpaired) electrons. The number of hydrogen-bond acceptors (Lipinski definition) is 2. The van der Waals surface area contributed by atoms with Crippen LogP contribution in [0.15, 0.2) is 146 Å². The Kier molecular flexibility index (Phi) is 4.93. The van der Waals surface area contributed by atoms with Crippen molar-refractivity contribution < 1.29 is 0 Å². The van der Waals surface area contributed by atoms with Gasteiger partial charge in [-0.2, -0.15) is 0 Å². The Bertz CT molecular complexity index is 2430. The fourth-order valence-corrected chi connectivity index (χ4v) is 6.63. The molecule has 9 aromatic rings. The van der Waals surface area contributed by atoms with Crippen LogP contribution in [0.25, 0.3) is 87.4 Å². The molecule has 0 aliphatic carbocycles. The summed E-state index contributed by atoms with van der Waals surface area (Å²) < 4.78 is 0. The number of aromatic nitrogens is 2. The summed E-state index contributed by atoms with van der Waals surface area (Å²) in [6.45, 7) is 0. The summed E-state index contributed by atoms with van der Waals surface area (Å²) in [6, 6.07) is 51.9. The van der Waals surface area contributed by atoms with Crippen molar-refractivity contribution in [2.75, 3.05) is 0 Å². The van der Waals surface area contributed by atoms with Crippen LogP contribution in [0.4, 0.5) is 0 Å². The van der Waals surface area contributed by atoms with Crippen molar-refractivity contribution in [3.63, 3.8) is 0 Å². The fraction of sp³-hybridized carbons (Fsp3) is 0. The summed E-state index contributed by atoms with van der Waals surface area (Å²) in [5.74, 6) is 0. The summed E-state index contributed by atoms with van der Waals surface area (Å²) in [6.07, 6.45) is 0. The van der Waals surface area contributed by atoms with Crippen LogP contribution in [0.3, 0.4) is 0 Å². The summed E-state index contributed by atoms with van der Waals surface area (Å²) in [4.78, 5) is 10.7. The van der Waals surface area contributed by atoms with Gasteiger partial charge in [0.15, 0.2) is 0 Å². The van der Waals surface area contributed by atoms with E-state index < -0.39 is 0 Å². The van der Waals surface area contributed by atoms with Gasteiger partial charge in [0.1, 0.15) is 0 Å². The molecule has 0 amide bonds. The van der Waals surface area contributed by atoms with Crippen LogP contribution in [0.2, 0.25) is 0 Å². The highest BCUT2D eigenvalue weighted by atomic mass is 14.7. The molecule has 194 valence electrons. The molecule has 0 spiro atoms. The zero-order valence-corrected chi connectivity index (χ0v) is 22.8. The Balaban J connectivity index is 1.42. The molecule has 2 heteroatoms. The lowest BCUT2D eigenvalue weighted by atomic mass is 9.89. The number of nitrogens with zero attached hydrogens (tertiary/aromatic N) is 2. The van der Waals surface area contributed by atoms with E-state index in [-0.39, 0.29) is 0 Å². The average molecular weight is 533 g/mol. The van der Waals surface area contributed by atoms with Gasteiger partial charge in [0.05, 0.1) is 22.2 Å². The monoisotopic (exact) mass is 532 g/mol. The van der Waals surface area contributed by atoms with Crippen LogP contribution in [0, 0.1) is 0 Å². The number of benzene rings is 7. The third-order valence-electron chi connectivity index (χ3n) is 8.62. The van der Waals surface area contributed by atoms with Crippen LogP contribution < -0.4 is 0 Å². The van der Waals surface area contributed by atoms with E-state index in [1.165, 1.54) is 37.9 Å². The molecular formula is C40H24N2. The number of hydrogen-bond donors (Lipinski definition) is 0. The molecular weight excluding hydrogens is 508 g/mol. The minimum atomic E-state index is 0.967. The fourth-order valence-electron chi connectivity index (χ4n) is 6.63. The van der Waals surface area contributed by atoms with Crippen LogP contribution in [-0.2, 0) is 0 Å². The van der Waals surface area contributed by atoms with Gasteiger partial charge < -0.3 is 0 Å². The maximum absolute atomic E-state index is 5.38. The van der Waals surface area contributed by atoms with Crippen LogP contribution in [0.1, 0.15) is 0 Å². The third-order valence-corrected chi connectivity index (χ3v) is 8.62. The molecule has 0 saturated carbocycles. The molecule has 0 aliphatic rings. The van der Waals surface area contributed by atoms with E-state index in [2.05, 4.69) is 146 Å². The molecule has 2 heterocycles. The smallest absolute Gasteiger partial charge is 0.0794 e. The van der Waals surface area contributed by atoms with Crippen molar-refractivity contribution in [3.05, 3.63) is 146 Å². The maximum atomic E-state index is 5.38. The standard InChI is InChI=1S/C40H24N2/c1-4-12-29-25(9-1)17-18-28-21-24-36(41-38(28)29)32-15-7-8-16-33(32)37-34-22-19-26-10-2-5-13-30(26)39(34)42-40-31-14-6-3-11-27(31)20-23-35(37)40/h1-24H. The lowest BCUT2D eigenvalue weighted by molar-refractivity contribution is 1.41. The average Bonchev–Trinajstić information content (AvgIpc) is 3.07. The third kappa shape index (κ3) is 3.39. The lowest BCUT2D eigenvalue weighted by Crippen LogP contribution is -1.94. The molecule has 2 aromatic heterocycles. The Morgan fingerprint density at radius 1 is 0.286 bits per heavy atom. The van der Waals surface area contributed by atoms with Gasteiger partial charge in [0, 0.05) is 43.4 Å². The predicted molar refractivity (Wildman–Crippen MR) is 178 cm³/mol. The molecule has 0 saturated heterocycles. The molecule has 0 bridgehead atoms. The zero-order valence-electron chi connectivity index (χ0n) is 22.8. The van der Waals surface area contributed by atoms with E-state index in [0.717, 1.165) is 49.5 Å². The van der Waals surface area contributed by atoms with Gasteiger partial charge in [-0.25, -0.2) is 9.97 Å². The number of pyridine rings is 2. The Labute approximate surface area is 242 Å². The van der Waals surface area contributed by atoms with E-state index in [1.807, 2.05) is 0 Å². The van der Waals surface area contributed by atoms with E-state index in [0.29, 0.717) is 0 Å². The highest BCUT2D eigenvalue weighted by Gasteiger charge is 2.18. The first-order chi connectivity index (χ1) is 20.8. The second-order valence-corrected chi connectivity index (χ2v) is 11.0. The molecule has 7 aromatic carbocycles. The van der Waals surface area contributed by atoms with Crippen molar-refractivity contribution >= 4 is 65.0 Å². The van der Waals surface area contributed by atoms with E-state index >= 15 is 0 Å². The van der Waals surface area contributed by atoms with Crippen LogP contribution in [-0.4, -0.2) is 9.97 Å². The molecule has 0 aliphatic heterocycles. The van der Waals surface area contributed by atoms with Gasteiger partial charge in [-0.1, -0.05) is 140 Å². The van der Waals surface area contributed by atoms with Crippen molar-refractivity contribution in [2.24, 2.45) is 0 Å².